The summed E-state index contributed by atoms with van der Waals surface area (Å²) in [6.07, 6.45) is 0. The molecular formula is C18H16ClNO5S2. The van der Waals surface area contributed by atoms with Crippen molar-refractivity contribution < 1.29 is 22.7 Å². The van der Waals surface area contributed by atoms with E-state index in [2.05, 4.69) is 4.72 Å². The van der Waals surface area contributed by atoms with Gasteiger partial charge in [-0.05, 0) is 24.6 Å². The topological polar surface area (TPSA) is 81.7 Å². The Morgan fingerprint density at radius 3 is 2.56 bits per heavy atom. The van der Waals surface area contributed by atoms with Gasteiger partial charge in [0, 0.05) is 21.2 Å². The molecule has 1 N–H and O–H groups in total. The van der Waals surface area contributed by atoms with Gasteiger partial charge in [-0.25, -0.2) is 13.2 Å². The first-order chi connectivity index (χ1) is 12.8. The van der Waals surface area contributed by atoms with Crippen LogP contribution in [0.5, 0.6) is 5.75 Å². The summed E-state index contributed by atoms with van der Waals surface area (Å²) in [4.78, 5) is 12.1. The Balaban J connectivity index is 2.19. The van der Waals surface area contributed by atoms with Crippen molar-refractivity contribution >= 4 is 54.7 Å². The molecule has 1 heterocycles. The largest absolute Gasteiger partial charge is 0.495 e. The van der Waals surface area contributed by atoms with E-state index in [0.29, 0.717) is 20.7 Å². The number of methoxy groups -OCH3 is 2. The Hall–Kier alpha value is -2.29. The van der Waals surface area contributed by atoms with E-state index in [9.17, 15) is 13.2 Å². The number of carbonyl (C=O) groups is 1. The predicted molar refractivity (Wildman–Crippen MR) is 107 cm³/mol. The molecule has 0 unspecified atom stereocenters. The Kier molecular flexibility index (Phi) is 5.32. The van der Waals surface area contributed by atoms with E-state index in [1.165, 1.54) is 20.3 Å². The first kappa shape index (κ1) is 19.5. The lowest BCUT2D eigenvalue weighted by Gasteiger charge is -2.14. The molecule has 142 valence electrons. The second kappa shape index (κ2) is 7.38. The maximum atomic E-state index is 13.2. The summed E-state index contributed by atoms with van der Waals surface area (Å²) in [5, 5.41) is 0.895. The summed E-state index contributed by atoms with van der Waals surface area (Å²) in [5.41, 5.74) is 0.907. The molecule has 0 bridgehead atoms. The predicted octanol–water partition coefficient (Wildman–Crippen LogP) is 4.46. The number of ether oxygens (including phenoxy) is 2. The molecule has 0 saturated heterocycles. The normalized spacial score (nSPS) is 11.4. The summed E-state index contributed by atoms with van der Waals surface area (Å²) < 4.78 is 39.5. The quantitative estimate of drug-likeness (QED) is 0.610. The van der Waals surface area contributed by atoms with E-state index in [1.807, 2.05) is 0 Å². The lowest BCUT2D eigenvalue weighted by atomic mass is 10.2. The minimum atomic E-state index is -4.11. The van der Waals surface area contributed by atoms with Gasteiger partial charge < -0.3 is 9.47 Å². The Morgan fingerprint density at radius 1 is 1.19 bits per heavy atom. The molecule has 3 aromatic rings. The monoisotopic (exact) mass is 425 g/mol. The minimum absolute atomic E-state index is 0.0100. The number of hydrogen-bond acceptors (Lipinski definition) is 6. The lowest BCUT2D eigenvalue weighted by Crippen LogP contribution is -2.16. The van der Waals surface area contributed by atoms with Gasteiger partial charge in [-0.15, -0.1) is 11.3 Å². The second-order valence-electron chi connectivity index (χ2n) is 5.66. The number of benzene rings is 2. The Labute approximate surface area is 165 Å². The van der Waals surface area contributed by atoms with E-state index in [0.717, 1.165) is 11.3 Å². The molecule has 0 radical (unpaired) electrons. The van der Waals surface area contributed by atoms with E-state index >= 15 is 0 Å². The van der Waals surface area contributed by atoms with Crippen molar-refractivity contribution in [2.75, 3.05) is 18.9 Å². The van der Waals surface area contributed by atoms with E-state index in [1.54, 1.807) is 37.3 Å². The molecule has 1 aromatic heterocycles. The second-order valence-corrected chi connectivity index (χ2v) is 8.73. The molecule has 2 aromatic carbocycles. The summed E-state index contributed by atoms with van der Waals surface area (Å²) in [6.45, 7) is 1.75. The van der Waals surface area contributed by atoms with Crippen LogP contribution in [0.15, 0.2) is 41.3 Å². The zero-order chi connectivity index (χ0) is 19.8. The number of rotatable bonds is 5. The van der Waals surface area contributed by atoms with Gasteiger partial charge in [-0.3, -0.25) is 4.72 Å². The molecule has 0 fully saturated rings. The number of carbonyl (C=O) groups excluding carboxylic acids is 1. The minimum Gasteiger partial charge on any atom is -0.495 e. The van der Waals surface area contributed by atoms with Crippen LogP contribution in [0.4, 0.5) is 5.69 Å². The van der Waals surface area contributed by atoms with Crippen LogP contribution >= 0.6 is 22.9 Å². The van der Waals surface area contributed by atoms with E-state index < -0.39 is 16.0 Å². The first-order valence-electron chi connectivity index (χ1n) is 7.75. The molecule has 0 atom stereocenters. The van der Waals surface area contributed by atoms with Crippen molar-refractivity contribution in [2.45, 2.75) is 11.8 Å². The summed E-state index contributed by atoms with van der Waals surface area (Å²) in [5.74, 6) is -0.441. The molecule has 0 aliphatic heterocycles. The van der Waals surface area contributed by atoms with Gasteiger partial charge in [0.1, 0.15) is 15.5 Å². The van der Waals surface area contributed by atoms with Crippen LogP contribution in [0.2, 0.25) is 5.02 Å². The zero-order valence-electron chi connectivity index (χ0n) is 14.7. The highest BCUT2D eigenvalue weighted by atomic mass is 35.5. The van der Waals surface area contributed by atoms with Gasteiger partial charge in [0.25, 0.3) is 10.0 Å². The maximum Gasteiger partial charge on any atom is 0.349 e. The SMILES string of the molecule is COC(=O)c1sc2ccccc2c1S(=O)(=O)Nc1cc(C)c(Cl)cc1OC. The first-order valence-corrected chi connectivity index (χ1v) is 10.4. The van der Waals surface area contributed by atoms with Gasteiger partial charge in [0.15, 0.2) is 0 Å². The van der Waals surface area contributed by atoms with Crippen molar-refractivity contribution in [3.8, 4) is 5.75 Å². The number of esters is 1. The van der Waals surface area contributed by atoms with Gasteiger partial charge in [0.2, 0.25) is 0 Å². The molecule has 0 aliphatic carbocycles. The molecule has 0 aliphatic rings. The van der Waals surface area contributed by atoms with Crippen LogP contribution in [0.25, 0.3) is 10.1 Å². The van der Waals surface area contributed by atoms with Crippen molar-refractivity contribution in [3.05, 3.63) is 51.9 Å². The molecular weight excluding hydrogens is 410 g/mol. The summed E-state index contributed by atoms with van der Waals surface area (Å²) in [7, 11) is -1.48. The number of anilines is 1. The van der Waals surface area contributed by atoms with Crippen LogP contribution in [0, 0.1) is 6.92 Å². The smallest absolute Gasteiger partial charge is 0.349 e. The van der Waals surface area contributed by atoms with Crippen molar-refractivity contribution in [1.82, 2.24) is 0 Å². The lowest BCUT2D eigenvalue weighted by molar-refractivity contribution is 0.0602. The zero-order valence-corrected chi connectivity index (χ0v) is 17.1. The van der Waals surface area contributed by atoms with Gasteiger partial charge >= 0.3 is 5.97 Å². The van der Waals surface area contributed by atoms with Crippen LogP contribution < -0.4 is 9.46 Å². The van der Waals surface area contributed by atoms with Gasteiger partial charge in [-0.2, -0.15) is 0 Å². The van der Waals surface area contributed by atoms with Crippen LogP contribution in [0.1, 0.15) is 15.2 Å². The molecule has 27 heavy (non-hydrogen) atoms. The Morgan fingerprint density at radius 2 is 1.89 bits per heavy atom. The third-order valence-corrected chi connectivity index (χ3v) is 7.05. The highest BCUT2D eigenvalue weighted by Gasteiger charge is 2.29. The number of aryl methyl sites for hydroxylation is 1. The molecule has 0 spiro atoms. The number of fused-ring (bicyclic) bond motifs is 1. The summed E-state index contributed by atoms with van der Waals surface area (Å²) in [6, 6.07) is 9.99. The average Bonchev–Trinajstić information content (AvgIpc) is 3.04. The number of hydrogen-bond donors (Lipinski definition) is 1. The van der Waals surface area contributed by atoms with Crippen LogP contribution in [0.3, 0.4) is 0 Å². The van der Waals surface area contributed by atoms with Gasteiger partial charge in [-0.1, -0.05) is 29.8 Å². The molecule has 6 nitrogen and oxygen atoms in total. The molecule has 0 saturated carbocycles. The Bertz CT molecular complexity index is 1140. The fourth-order valence-electron chi connectivity index (χ4n) is 2.62. The number of halogens is 1. The van der Waals surface area contributed by atoms with Gasteiger partial charge in [0.05, 0.1) is 19.9 Å². The van der Waals surface area contributed by atoms with Crippen molar-refractivity contribution in [3.63, 3.8) is 0 Å². The third kappa shape index (κ3) is 3.60. The number of nitrogens with one attached hydrogen (secondary N) is 1. The average molecular weight is 426 g/mol. The fraction of sp³-hybridized carbons (Fsp3) is 0.167. The number of thiophene rings is 1. The molecule has 3 rings (SSSR count). The fourth-order valence-corrected chi connectivity index (χ4v) is 5.66. The molecule has 0 amide bonds. The highest BCUT2D eigenvalue weighted by Crippen LogP contribution is 2.38. The van der Waals surface area contributed by atoms with Crippen molar-refractivity contribution in [2.24, 2.45) is 0 Å². The van der Waals surface area contributed by atoms with Crippen molar-refractivity contribution in [1.29, 1.82) is 0 Å². The third-order valence-electron chi connectivity index (χ3n) is 3.91. The maximum absolute atomic E-state index is 13.2. The number of sulfonamides is 1. The van der Waals surface area contributed by atoms with E-state index in [-0.39, 0.29) is 21.2 Å². The standard InChI is InChI=1S/C18H16ClNO5S2/c1-10-8-13(14(24-2)9-12(10)19)20-27(22,23)17-11-6-4-5-7-15(11)26-16(17)18(21)25-3/h4-9,20H,1-3H3. The van der Waals surface area contributed by atoms with E-state index in [4.69, 9.17) is 21.1 Å². The van der Waals surface area contributed by atoms with Crippen LogP contribution in [-0.4, -0.2) is 28.6 Å². The summed E-state index contributed by atoms with van der Waals surface area (Å²) >= 11 is 7.15. The van der Waals surface area contributed by atoms with Crippen LogP contribution in [-0.2, 0) is 14.8 Å². The highest BCUT2D eigenvalue weighted by molar-refractivity contribution is 7.93. The molecule has 9 heteroatoms.